The summed E-state index contributed by atoms with van der Waals surface area (Å²) >= 11 is 0. The van der Waals surface area contributed by atoms with E-state index in [9.17, 15) is 9.59 Å². The highest BCUT2D eigenvalue weighted by atomic mass is 16.2. The maximum Gasteiger partial charge on any atom is 0.254 e. The lowest BCUT2D eigenvalue weighted by molar-refractivity contribution is -0.124. The fourth-order valence-electron chi connectivity index (χ4n) is 3.17. The Bertz CT molecular complexity index is 785. The highest BCUT2D eigenvalue weighted by molar-refractivity contribution is 6.03. The highest BCUT2D eigenvalue weighted by Crippen LogP contribution is 2.23. The average molecular weight is 322 g/mol. The summed E-state index contributed by atoms with van der Waals surface area (Å²) in [4.78, 5) is 29.1. The van der Waals surface area contributed by atoms with Crippen LogP contribution < -0.4 is 4.90 Å². The van der Waals surface area contributed by atoms with Gasteiger partial charge < -0.3 is 9.80 Å². The first-order chi connectivity index (χ1) is 11.5. The normalized spacial score (nSPS) is 18.0. The lowest BCUT2D eigenvalue weighted by Gasteiger charge is -2.39. The Morgan fingerprint density at radius 1 is 1.04 bits per heavy atom. The summed E-state index contributed by atoms with van der Waals surface area (Å²) in [5.41, 5.74) is 3.62. The molecule has 1 atom stereocenters. The maximum atomic E-state index is 12.8. The van der Waals surface area contributed by atoms with E-state index in [1.807, 2.05) is 62.4 Å². The molecule has 0 aliphatic carbocycles. The summed E-state index contributed by atoms with van der Waals surface area (Å²) in [5.74, 6) is -0.105. The SMILES string of the molecule is Cc1cccc(N2CCN(C(=O)c3ccccc3C)[C@H](C)C2=O)c1. The van der Waals surface area contributed by atoms with Crippen molar-refractivity contribution >= 4 is 17.5 Å². The molecule has 0 radical (unpaired) electrons. The number of benzene rings is 2. The van der Waals surface area contributed by atoms with E-state index in [0.717, 1.165) is 16.8 Å². The van der Waals surface area contributed by atoms with E-state index in [1.165, 1.54) is 0 Å². The van der Waals surface area contributed by atoms with E-state index in [0.29, 0.717) is 18.7 Å². The third-order valence-electron chi connectivity index (χ3n) is 4.61. The molecule has 2 aromatic rings. The van der Waals surface area contributed by atoms with Gasteiger partial charge in [-0.15, -0.1) is 0 Å². The quantitative estimate of drug-likeness (QED) is 0.852. The highest BCUT2D eigenvalue weighted by Gasteiger charge is 2.35. The van der Waals surface area contributed by atoms with Crippen LogP contribution in [-0.2, 0) is 4.79 Å². The monoisotopic (exact) mass is 322 g/mol. The van der Waals surface area contributed by atoms with E-state index in [-0.39, 0.29) is 11.8 Å². The molecular formula is C20H22N2O2. The number of hydrogen-bond acceptors (Lipinski definition) is 2. The fraction of sp³-hybridized carbons (Fsp3) is 0.300. The van der Waals surface area contributed by atoms with Crippen LogP contribution in [0.5, 0.6) is 0 Å². The van der Waals surface area contributed by atoms with Crippen molar-refractivity contribution in [1.29, 1.82) is 0 Å². The van der Waals surface area contributed by atoms with Crippen LogP contribution in [0.1, 0.15) is 28.4 Å². The van der Waals surface area contributed by atoms with E-state index in [1.54, 1.807) is 16.7 Å². The van der Waals surface area contributed by atoms with Gasteiger partial charge in [-0.3, -0.25) is 9.59 Å². The third kappa shape index (κ3) is 2.92. The molecule has 0 bridgehead atoms. The Morgan fingerprint density at radius 3 is 2.50 bits per heavy atom. The van der Waals surface area contributed by atoms with Crippen molar-refractivity contribution in [2.45, 2.75) is 26.8 Å². The lowest BCUT2D eigenvalue weighted by atomic mass is 10.0. The van der Waals surface area contributed by atoms with Crippen molar-refractivity contribution in [2.75, 3.05) is 18.0 Å². The summed E-state index contributed by atoms with van der Waals surface area (Å²) in [7, 11) is 0. The second-order valence-corrected chi connectivity index (χ2v) is 6.32. The van der Waals surface area contributed by atoms with Crippen LogP contribution in [0.2, 0.25) is 0 Å². The number of piperazine rings is 1. The minimum atomic E-state index is -0.466. The van der Waals surface area contributed by atoms with Crippen molar-refractivity contribution in [1.82, 2.24) is 4.90 Å². The molecule has 1 saturated heterocycles. The number of aryl methyl sites for hydroxylation is 2. The Balaban J connectivity index is 1.83. The zero-order valence-corrected chi connectivity index (χ0v) is 14.3. The summed E-state index contributed by atoms with van der Waals surface area (Å²) in [5, 5.41) is 0. The van der Waals surface area contributed by atoms with E-state index >= 15 is 0 Å². The molecule has 0 saturated carbocycles. The minimum absolute atomic E-state index is 0.0335. The Labute approximate surface area is 142 Å². The first kappa shape index (κ1) is 16.2. The molecule has 2 aromatic carbocycles. The second kappa shape index (κ2) is 6.48. The van der Waals surface area contributed by atoms with Gasteiger partial charge in [0.25, 0.3) is 5.91 Å². The lowest BCUT2D eigenvalue weighted by Crippen LogP contribution is -2.57. The molecule has 1 aliphatic heterocycles. The van der Waals surface area contributed by atoms with Gasteiger partial charge >= 0.3 is 0 Å². The first-order valence-electron chi connectivity index (χ1n) is 8.23. The van der Waals surface area contributed by atoms with Crippen LogP contribution in [0.25, 0.3) is 0 Å². The van der Waals surface area contributed by atoms with Crippen LogP contribution in [0, 0.1) is 13.8 Å². The van der Waals surface area contributed by atoms with Gasteiger partial charge in [0.15, 0.2) is 0 Å². The molecule has 4 heteroatoms. The van der Waals surface area contributed by atoms with E-state index in [4.69, 9.17) is 0 Å². The first-order valence-corrected chi connectivity index (χ1v) is 8.23. The summed E-state index contributed by atoms with van der Waals surface area (Å²) in [6.45, 7) is 6.79. The van der Waals surface area contributed by atoms with Crippen molar-refractivity contribution in [3.8, 4) is 0 Å². The van der Waals surface area contributed by atoms with Crippen LogP contribution in [0.4, 0.5) is 5.69 Å². The third-order valence-corrected chi connectivity index (χ3v) is 4.61. The van der Waals surface area contributed by atoms with E-state index < -0.39 is 6.04 Å². The fourth-order valence-corrected chi connectivity index (χ4v) is 3.17. The van der Waals surface area contributed by atoms with Crippen molar-refractivity contribution in [2.24, 2.45) is 0 Å². The van der Waals surface area contributed by atoms with Crippen LogP contribution >= 0.6 is 0 Å². The standard InChI is InChI=1S/C20H22N2O2/c1-14-7-6-9-17(13-14)22-12-11-21(16(3)19(22)23)20(24)18-10-5-4-8-15(18)2/h4-10,13,16H,11-12H2,1-3H3/t16-/m1/s1. The van der Waals surface area contributed by atoms with Gasteiger partial charge in [0, 0.05) is 24.3 Å². The molecule has 24 heavy (non-hydrogen) atoms. The number of carbonyl (C=O) groups excluding carboxylic acids is 2. The Hall–Kier alpha value is -2.62. The summed E-state index contributed by atoms with van der Waals surface area (Å²) in [6, 6.07) is 14.9. The molecule has 1 heterocycles. The number of amides is 2. The largest absolute Gasteiger partial charge is 0.325 e. The maximum absolute atomic E-state index is 12.8. The molecule has 4 nitrogen and oxygen atoms in total. The molecule has 3 rings (SSSR count). The van der Waals surface area contributed by atoms with Crippen LogP contribution in [0.15, 0.2) is 48.5 Å². The number of carbonyl (C=O) groups is 2. The van der Waals surface area contributed by atoms with Gasteiger partial charge in [0.05, 0.1) is 0 Å². The Morgan fingerprint density at radius 2 is 1.79 bits per heavy atom. The van der Waals surface area contributed by atoms with Gasteiger partial charge in [0.2, 0.25) is 5.91 Å². The predicted molar refractivity (Wildman–Crippen MR) is 95.2 cm³/mol. The minimum Gasteiger partial charge on any atom is -0.325 e. The predicted octanol–water partition coefficient (Wildman–Crippen LogP) is 3.18. The molecule has 0 spiro atoms. The van der Waals surface area contributed by atoms with E-state index in [2.05, 4.69) is 0 Å². The van der Waals surface area contributed by atoms with Crippen LogP contribution in [-0.4, -0.2) is 35.8 Å². The zero-order chi connectivity index (χ0) is 17.3. The molecule has 0 aromatic heterocycles. The van der Waals surface area contributed by atoms with Gasteiger partial charge in [-0.25, -0.2) is 0 Å². The van der Waals surface area contributed by atoms with Crippen LogP contribution in [0.3, 0.4) is 0 Å². The second-order valence-electron chi connectivity index (χ2n) is 6.32. The van der Waals surface area contributed by atoms with Crippen molar-refractivity contribution in [3.63, 3.8) is 0 Å². The summed E-state index contributed by atoms with van der Waals surface area (Å²) in [6.07, 6.45) is 0. The van der Waals surface area contributed by atoms with Gasteiger partial charge in [-0.2, -0.15) is 0 Å². The zero-order valence-electron chi connectivity index (χ0n) is 14.3. The molecule has 1 aliphatic rings. The van der Waals surface area contributed by atoms with Crippen molar-refractivity contribution in [3.05, 3.63) is 65.2 Å². The summed E-state index contributed by atoms with van der Waals surface area (Å²) < 4.78 is 0. The number of nitrogens with zero attached hydrogens (tertiary/aromatic N) is 2. The number of anilines is 1. The van der Waals surface area contributed by atoms with Crippen molar-refractivity contribution < 1.29 is 9.59 Å². The molecular weight excluding hydrogens is 300 g/mol. The molecule has 0 unspecified atom stereocenters. The number of rotatable bonds is 2. The van der Waals surface area contributed by atoms with Gasteiger partial charge in [-0.05, 0) is 50.1 Å². The smallest absolute Gasteiger partial charge is 0.254 e. The van der Waals surface area contributed by atoms with Gasteiger partial charge in [0.1, 0.15) is 6.04 Å². The average Bonchev–Trinajstić information content (AvgIpc) is 2.57. The Kier molecular flexibility index (Phi) is 4.38. The molecule has 0 N–H and O–H groups in total. The topological polar surface area (TPSA) is 40.6 Å². The molecule has 124 valence electrons. The number of hydrogen-bond donors (Lipinski definition) is 0. The van der Waals surface area contributed by atoms with Gasteiger partial charge in [-0.1, -0.05) is 30.3 Å². The molecule has 2 amide bonds. The molecule has 1 fully saturated rings.